The van der Waals surface area contributed by atoms with E-state index in [0.717, 1.165) is 17.0 Å². The fourth-order valence-corrected chi connectivity index (χ4v) is 2.42. The molecule has 2 rings (SSSR count). The molecule has 1 N–H and O–H groups in total. The third kappa shape index (κ3) is 2.73. The molecule has 1 heterocycles. The summed E-state index contributed by atoms with van der Waals surface area (Å²) in [6.45, 7) is 3.74. The molecule has 0 bridgehead atoms. The van der Waals surface area contributed by atoms with Gasteiger partial charge >= 0.3 is 5.97 Å². The predicted molar refractivity (Wildman–Crippen MR) is 68.9 cm³/mol. The highest BCUT2D eigenvalue weighted by Gasteiger charge is 2.11. The Morgan fingerprint density at radius 1 is 1.39 bits per heavy atom. The zero-order valence-corrected chi connectivity index (χ0v) is 11.0. The lowest BCUT2D eigenvalue weighted by molar-refractivity contribution is 0.0696. The highest BCUT2D eigenvalue weighted by molar-refractivity contribution is 7.98. The predicted octanol–water partition coefficient (Wildman–Crippen LogP) is 3.28. The number of rotatable bonds is 4. The summed E-state index contributed by atoms with van der Waals surface area (Å²) in [6.07, 6.45) is 0. The van der Waals surface area contributed by atoms with E-state index in [-0.39, 0.29) is 0 Å². The van der Waals surface area contributed by atoms with Crippen LogP contribution in [0.5, 0.6) is 0 Å². The van der Waals surface area contributed by atoms with Gasteiger partial charge in [0.25, 0.3) is 5.22 Å². The molecule has 18 heavy (non-hydrogen) atoms. The quantitative estimate of drug-likeness (QED) is 0.857. The molecule has 0 aliphatic carbocycles. The Bertz CT molecular complexity index is 558. The third-order valence-corrected chi connectivity index (χ3v) is 3.48. The first-order valence-electron chi connectivity index (χ1n) is 5.46. The molecule has 0 radical (unpaired) electrons. The van der Waals surface area contributed by atoms with Gasteiger partial charge in [0.1, 0.15) is 5.76 Å². The number of hydrogen-bond acceptors (Lipinski definition) is 4. The molecule has 0 saturated heterocycles. The smallest absolute Gasteiger partial charge is 0.335 e. The number of oxazole rings is 1. The van der Waals surface area contributed by atoms with Gasteiger partial charge in [-0.15, -0.1) is 0 Å². The Morgan fingerprint density at radius 2 is 2.11 bits per heavy atom. The maximum atomic E-state index is 11.0. The molecular formula is C13H13NO3S. The fourth-order valence-electron chi connectivity index (χ4n) is 1.50. The highest BCUT2D eigenvalue weighted by atomic mass is 32.2. The summed E-state index contributed by atoms with van der Waals surface area (Å²) in [4.78, 5) is 15.3. The highest BCUT2D eigenvalue weighted by Crippen LogP contribution is 2.25. The molecule has 94 valence electrons. The topological polar surface area (TPSA) is 63.3 Å². The van der Waals surface area contributed by atoms with Crippen LogP contribution in [0.25, 0.3) is 0 Å². The van der Waals surface area contributed by atoms with Gasteiger partial charge < -0.3 is 9.52 Å². The zero-order chi connectivity index (χ0) is 13.1. The molecule has 2 aromatic rings. The van der Waals surface area contributed by atoms with Crippen molar-refractivity contribution in [2.24, 2.45) is 0 Å². The van der Waals surface area contributed by atoms with Crippen molar-refractivity contribution in [1.82, 2.24) is 4.98 Å². The normalized spacial score (nSPS) is 10.6. The zero-order valence-electron chi connectivity index (χ0n) is 10.1. The number of carbonyl (C=O) groups is 1. The second kappa shape index (κ2) is 5.27. The monoisotopic (exact) mass is 263 g/mol. The van der Waals surface area contributed by atoms with Crippen molar-refractivity contribution >= 4 is 17.7 Å². The van der Waals surface area contributed by atoms with Crippen LogP contribution >= 0.6 is 11.8 Å². The first kappa shape index (κ1) is 12.7. The number of carboxylic acid groups (broad SMARTS) is 1. The number of nitrogens with zero attached hydrogens (tertiary/aromatic N) is 1. The van der Waals surface area contributed by atoms with Crippen LogP contribution in [0.4, 0.5) is 0 Å². The molecule has 0 saturated carbocycles. The molecule has 0 atom stereocenters. The van der Waals surface area contributed by atoms with Crippen molar-refractivity contribution in [2.75, 3.05) is 0 Å². The van der Waals surface area contributed by atoms with Crippen LogP contribution in [0.15, 0.2) is 33.9 Å². The second-order valence-corrected chi connectivity index (χ2v) is 4.80. The molecule has 0 amide bonds. The number of hydrogen-bond donors (Lipinski definition) is 1. The van der Waals surface area contributed by atoms with Crippen LogP contribution in [0.3, 0.4) is 0 Å². The van der Waals surface area contributed by atoms with E-state index < -0.39 is 5.97 Å². The van der Waals surface area contributed by atoms with E-state index in [1.165, 1.54) is 11.8 Å². The summed E-state index contributed by atoms with van der Waals surface area (Å²) < 4.78 is 5.44. The van der Waals surface area contributed by atoms with E-state index in [9.17, 15) is 4.79 Å². The summed E-state index contributed by atoms with van der Waals surface area (Å²) in [5, 5.41) is 9.64. The minimum absolute atomic E-state index is 0.324. The van der Waals surface area contributed by atoms with E-state index in [2.05, 4.69) is 4.98 Å². The lowest BCUT2D eigenvalue weighted by Crippen LogP contribution is -2.00. The van der Waals surface area contributed by atoms with Gasteiger partial charge in [-0.1, -0.05) is 30.0 Å². The Balaban J connectivity index is 2.13. The Morgan fingerprint density at radius 3 is 2.72 bits per heavy atom. The number of thioether (sulfide) groups is 1. The molecular weight excluding hydrogens is 250 g/mol. The summed E-state index contributed by atoms with van der Waals surface area (Å²) in [6, 6.07) is 6.95. The molecule has 1 aromatic heterocycles. The van der Waals surface area contributed by atoms with Crippen LogP contribution in [0, 0.1) is 13.8 Å². The van der Waals surface area contributed by atoms with E-state index in [1.807, 2.05) is 19.9 Å². The molecule has 4 nitrogen and oxygen atoms in total. The summed E-state index contributed by atoms with van der Waals surface area (Å²) in [7, 11) is 0. The number of carboxylic acids is 1. The molecule has 0 aliphatic heterocycles. The third-order valence-electron chi connectivity index (χ3n) is 2.61. The van der Waals surface area contributed by atoms with E-state index in [1.54, 1.807) is 18.2 Å². The van der Waals surface area contributed by atoms with Crippen LogP contribution in [-0.2, 0) is 5.75 Å². The average Bonchev–Trinajstić information content (AvgIpc) is 2.66. The molecule has 5 heteroatoms. The average molecular weight is 263 g/mol. The first-order chi connectivity index (χ1) is 8.58. The van der Waals surface area contributed by atoms with Crippen molar-refractivity contribution in [1.29, 1.82) is 0 Å². The van der Waals surface area contributed by atoms with E-state index in [4.69, 9.17) is 9.52 Å². The summed E-state index contributed by atoms with van der Waals surface area (Å²) in [5.41, 5.74) is 1.96. The molecule has 0 spiro atoms. The van der Waals surface area contributed by atoms with Gasteiger partial charge in [0.2, 0.25) is 0 Å². The van der Waals surface area contributed by atoms with Gasteiger partial charge in [0.15, 0.2) is 0 Å². The maximum Gasteiger partial charge on any atom is 0.335 e. The largest absolute Gasteiger partial charge is 0.478 e. The lowest BCUT2D eigenvalue weighted by Gasteiger charge is -2.03. The minimum atomic E-state index is -0.911. The Labute approximate surface area is 109 Å². The Kier molecular flexibility index (Phi) is 3.72. The van der Waals surface area contributed by atoms with Gasteiger partial charge in [-0.2, -0.15) is 0 Å². The number of aromatic carboxylic acids is 1. The summed E-state index contributed by atoms with van der Waals surface area (Å²) >= 11 is 1.40. The van der Waals surface area contributed by atoms with Crippen LogP contribution in [-0.4, -0.2) is 16.1 Å². The van der Waals surface area contributed by atoms with Crippen molar-refractivity contribution in [3.05, 3.63) is 46.8 Å². The lowest BCUT2D eigenvalue weighted by atomic mass is 10.1. The van der Waals surface area contributed by atoms with E-state index >= 15 is 0 Å². The number of aryl methyl sites for hydroxylation is 2. The molecule has 1 aromatic carbocycles. The van der Waals surface area contributed by atoms with Crippen LogP contribution < -0.4 is 0 Å². The number of aromatic nitrogens is 1. The van der Waals surface area contributed by atoms with Crippen molar-refractivity contribution < 1.29 is 14.3 Å². The summed E-state index contributed by atoms with van der Waals surface area (Å²) in [5.74, 6) is 0.414. The molecule has 0 unspecified atom stereocenters. The van der Waals surface area contributed by atoms with Crippen molar-refractivity contribution in [2.45, 2.75) is 24.8 Å². The standard InChI is InChI=1S/C13H13NO3S/c1-8-9(2)17-13(14-8)18-7-10-5-3-4-6-11(10)12(15)16/h3-6H,7H2,1-2H3,(H,15,16). The van der Waals surface area contributed by atoms with Crippen molar-refractivity contribution in [3.63, 3.8) is 0 Å². The first-order valence-corrected chi connectivity index (χ1v) is 6.44. The number of benzene rings is 1. The maximum absolute atomic E-state index is 11.0. The van der Waals surface area contributed by atoms with Gasteiger partial charge in [0.05, 0.1) is 11.3 Å². The van der Waals surface area contributed by atoms with Gasteiger partial charge in [-0.3, -0.25) is 0 Å². The second-order valence-electron chi connectivity index (χ2n) is 3.87. The van der Waals surface area contributed by atoms with Gasteiger partial charge in [-0.25, -0.2) is 9.78 Å². The van der Waals surface area contributed by atoms with Crippen LogP contribution in [0.2, 0.25) is 0 Å². The van der Waals surface area contributed by atoms with Gasteiger partial charge in [-0.05, 0) is 25.5 Å². The van der Waals surface area contributed by atoms with E-state index in [0.29, 0.717) is 16.5 Å². The van der Waals surface area contributed by atoms with Crippen LogP contribution in [0.1, 0.15) is 27.4 Å². The SMILES string of the molecule is Cc1nc(SCc2ccccc2C(=O)O)oc1C. The molecule has 0 aliphatic rings. The Hall–Kier alpha value is -1.75. The minimum Gasteiger partial charge on any atom is -0.478 e. The fraction of sp³-hybridized carbons (Fsp3) is 0.231. The molecule has 0 fully saturated rings. The van der Waals surface area contributed by atoms with Gasteiger partial charge in [0, 0.05) is 5.75 Å². The van der Waals surface area contributed by atoms with Crippen molar-refractivity contribution in [3.8, 4) is 0 Å².